The van der Waals surface area contributed by atoms with E-state index in [1.807, 2.05) is 23.9 Å². The summed E-state index contributed by atoms with van der Waals surface area (Å²) in [4.78, 5) is 17.6. The van der Waals surface area contributed by atoms with E-state index in [2.05, 4.69) is 18.7 Å². The van der Waals surface area contributed by atoms with E-state index >= 15 is 0 Å². The SMILES string of the molecule is CCn1nc(C(=O)N(C)Cc2ccco2)c2c1CCC(N1CCC(C)CC1)C2. The molecule has 1 aliphatic carbocycles. The quantitative estimate of drug-likeness (QED) is 0.793. The Labute approximate surface area is 167 Å². The van der Waals surface area contributed by atoms with Crippen molar-refractivity contribution in [2.45, 2.75) is 65.1 Å². The van der Waals surface area contributed by atoms with Crippen LogP contribution in [-0.2, 0) is 25.9 Å². The maximum Gasteiger partial charge on any atom is 0.274 e. The first-order valence-electron chi connectivity index (χ1n) is 10.7. The number of hydrogen-bond acceptors (Lipinski definition) is 4. The van der Waals surface area contributed by atoms with E-state index in [4.69, 9.17) is 9.52 Å². The van der Waals surface area contributed by atoms with Gasteiger partial charge in [-0.2, -0.15) is 5.10 Å². The number of aryl methyl sites for hydroxylation is 1. The van der Waals surface area contributed by atoms with Crippen LogP contribution in [0.25, 0.3) is 0 Å². The van der Waals surface area contributed by atoms with Gasteiger partial charge in [0.2, 0.25) is 0 Å². The average Bonchev–Trinajstić information content (AvgIpc) is 3.35. The van der Waals surface area contributed by atoms with Crippen molar-refractivity contribution >= 4 is 5.91 Å². The molecule has 6 nitrogen and oxygen atoms in total. The molecular weight excluding hydrogens is 352 g/mol. The third-order valence-corrected chi connectivity index (χ3v) is 6.48. The third kappa shape index (κ3) is 3.75. The summed E-state index contributed by atoms with van der Waals surface area (Å²) in [6, 6.07) is 4.29. The number of likely N-dealkylation sites (tertiary alicyclic amines) is 1. The van der Waals surface area contributed by atoms with E-state index in [-0.39, 0.29) is 5.91 Å². The van der Waals surface area contributed by atoms with E-state index in [0.717, 1.165) is 31.1 Å². The highest BCUT2D eigenvalue weighted by Crippen LogP contribution is 2.30. The molecule has 0 saturated carbocycles. The Morgan fingerprint density at radius 1 is 1.32 bits per heavy atom. The number of furan rings is 1. The topological polar surface area (TPSA) is 54.5 Å². The van der Waals surface area contributed by atoms with Crippen LogP contribution >= 0.6 is 0 Å². The molecule has 1 unspecified atom stereocenters. The molecule has 6 heteroatoms. The molecule has 0 aromatic carbocycles. The summed E-state index contributed by atoms with van der Waals surface area (Å²) in [6.07, 6.45) is 7.35. The molecule has 2 aromatic rings. The Bertz CT molecular complexity index is 803. The molecule has 0 spiro atoms. The second-order valence-electron chi connectivity index (χ2n) is 8.45. The van der Waals surface area contributed by atoms with E-state index in [1.54, 1.807) is 11.2 Å². The molecule has 0 radical (unpaired) electrons. The molecule has 0 bridgehead atoms. The molecule has 1 saturated heterocycles. The van der Waals surface area contributed by atoms with Crippen LogP contribution in [0.5, 0.6) is 0 Å². The van der Waals surface area contributed by atoms with Gasteiger partial charge in [0.1, 0.15) is 5.76 Å². The lowest BCUT2D eigenvalue weighted by atomic mass is 9.88. The first-order valence-corrected chi connectivity index (χ1v) is 10.7. The van der Waals surface area contributed by atoms with Gasteiger partial charge < -0.3 is 14.2 Å². The van der Waals surface area contributed by atoms with E-state index in [9.17, 15) is 4.79 Å². The van der Waals surface area contributed by atoms with Gasteiger partial charge in [-0.15, -0.1) is 0 Å². The number of piperidine rings is 1. The lowest BCUT2D eigenvalue weighted by molar-refractivity contribution is 0.0766. The first kappa shape index (κ1) is 19.2. The summed E-state index contributed by atoms with van der Waals surface area (Å²) in [7, 11) is 1.83. The minimum Gasteiger partial charge on any atom is -0.467 e. The molecule has 28 heavy (non-hydrogen) atoms. The Balaban J connectivity index is 1.54. The van der Waals surface area contributed by atoms with Gasteiger partial charge in [-0.3, -0.25) is 9.48 Å². The second-order valence-corrected chi connectivity index (χ2v) is 8.45. The molecule has 152 valence electrons. The Kier molecular flexibility index (Phi) is 5.58. The van der Waals surface area contributed by atoms with Gasteiger partial charge in [-0.25, -0.2) is 0 Å². The van der Waals surface area contributed by atoms with E-state index < -0.39 is 0 Å². The number of hydrogen-bond donors (Lipinski definition) is 0. The monoisotopic (exact) mass is 384 g/mol. The largest absolute Gasteiger partial charge is 0.467 e. The lowest BCUT2D eigenvalue weighted by Crippen LogP contribution is -2.44. The van der Waals surface area contributed by atoms with Crippen molar-refractivity contribution in [1.29, 1.82) is 0 Å². The van der Waals surface area contributed by atoms with Crippen LogP contribution in [0.2, 0.25) is 0 Å². The lowest BCUT2D eigenvalue weighted by Gasteiger charge is -2.38. The highest BCUT2D eigenvalue weighted by Gasteiger charge is 2.33. The molecule has 2 aromatic heterocycles. The fourth-order valence-corrected chi connectivity index (χ4v) is 4.70. The number of nitrogens with zero attached hydrogens (tertiary/aromatic N) is 4. The summed E-state index contributed by atoms with van der Waals surface area (Å²) < 4.78 is 7.45. The smallest absolute Gasteiger partial charge is 0.274 e. The zero-order chi connectivity index (χ0) is 19.7. The minimum absolute atomic E-state index is 0.00670. The van der Waals surface area contributed by atoms with Gasteiger partial charge in [0, 0.05) is 30.9 Å². The van der Waals surface area contributed by atoms with Crippen LogP contribution < -0.4 is 0 Å². The summed E-state index contributed by atoms with van der Waals surface area (Å²) in [5, 5.41) is 4.73. The molecule has 4 rings (SSSR count). The number of carbonyl (C=O) groups excluding carboxylic acids is 1. The normalized spacial score (nSPS) is 20.9. The maximum atomic E-state index is 13.2. The molecule has 1 aliphatic heterocycles. The van der Waals surface area contributed by atoms with Crippen molar-refractivity contribution in [1.82, 2.24) is 19.6 Å². The van der Waals surface area contributed by atoms with Crippen LogP contribution in [0.1, 0.15) is 60.6 Å². The van der Waals surface area contributed by atoms with Crippen LogP contribution in [0.3, 0.4) is 0 Å². The summed E-state index contributed by atoms with van der Waals surface area (Å²) in [6.45, 7) is 8.10. The third-order valence-electron chi connectivity index (χ3n) is 6.48. The summed E-state index contributed by atoms with van der Waals surface area (Å²) >= 11 is 0. The molecule has 1 atom stereocenters. The molecular formula is C22H32N4O2. The Morgan fingerprint density at radius 3 is 2.79 bits per heavy atom. The highest BCUT2D eigenvalue weighted by atomic mass is 16.3. The van der Waals surface area contributed by atoms with Gasteiger partial charge in [0.15, 0.2) is 5.69 Å². The summed E-state index contributed by atoms with van der Waals surface area (Å²) in [5.74, 6) is 1.62. The number of fused-ring (bicyclic) bond motifs is 1. The van der Waals surface area contributed by atoms with Crippen LogP contribution in [0.4, 0.5) is 0 Å². The van der Waals surface area contributed by atoms with Gasteiger partial charge in [0.05, 0.1) is 12.8 Å². The average molecular weight is 385 g/mol. The summed E-state index contributed by atoms with van der Waals surface area (Å²) in [5.41, 5.74) is 3.08. The van der Waals surface area contributed by atoms with Crippen molar-refractivity contribution in [3.05, 3.63) is 41.1 Å². The van der Waals surface area contributed by atoms with Crippen LogP contribution in [-0.4, -0.2) is 51.7 Å². The van der Waals surface area contributed by atoms with Crippen LogP contribution in [0.15, 0.2) is 22.8 Å². The standard InChI is InChI=1S/C22H32N4O2/c1-4-26-20-8-7-17(25-11-9-16(2)10-12-25)14-19(20)21(23-26)22(27)24(3)15-18-6-5-13-28-18/h5-6,13,16-17H,4,7-12,14-15H2,1-3H3. The molecule has 3 heterocycles. The number of amides is 1. The van der Waals surface area contributed by atoms with Crippen molar-refractivity contribution in [2.24, 2.45) is 5.92 Å². The number of carbonyl (C=O) groups is 1. The molecule has 0 N–H and O–H groups in total. The maximum absolute atomic E-state index is 13.2. The predicted octanol–water partition coefficient (Wildman–Crippen LogP) is 3.36. The number of rotatable bonds is 5. The Morgan fingerprint density at radius 2 is 2.11 bits per heavy atom. The van der Waals surface area contributed by atoms with Gasteiger partial charge in [0.25, 0.3) is 5.91 Å². The fourth-order valence-electron chi connectivity index (χ4n) is 4.70. The zero-order valence-electron chi connectivity index (χ0n) is 17.4. The number of aromatic nitrogens is 2. The van der Waals surface area contributed by atoms with Gasteiger partial charge in [-0.05, 0) is 70.2 Å². The first-order chi connectivity index (χ1) is 13.6. The molecule has 1 fully saturated rings. The van der Waals surface area contributed by atoms with E-state index in [1.165, 1.54) is 43.6 Å². The van der Waals surface area contributed by atoms with Crippen molar-refractivity contribution < 1.29 is 9.21 Å². The van der Waals surface area contributed by atoms with Crippen molar-refractivity contribution in [3.63, 3.8) is 0 Å². The predicted molar refractivity (Wildman–Crippen MR) is 108 cm³/mol. The highest BCUT2D eigenvalue weighted by molar-refractivity contribution is 5.94. The van der Waals surface area contributed by atoms with Crippen molar-refractivity contribution in [3.8, 4) is 0 Å². The van der Waals surface area contributed by atoms with Gasteiger partial charge in [-0.1, -0.05) is 6.92 Å². The van der Waals surface area contributed by atoms with Gasteiger partial charge >= 0.3 is 0 Å². The zero-order valence-corrected chi connectivity index (χ0v) is 17.4. The second kappa shape index (κ2) is 8.11. The van der Waals surface area contributed by atoms with Crippen molar-refractivity contribution in [2.75, 3.05) is 20.1 Å². The minimum atomic E-state index is -0.00670. The Hall–Kier alpha value is -2.08. The molecule has 2 aliphatic rings. The molecule has 1 amide bonds. The van der Waals surface area contributed by atoms with E-state index in [0.29, 0.717) is 18.3 Å². The van der Waals surface area contributed by atoms with Crippen LogP contribution in [0, 0.1) is 5.92 Å². The fraction of sp³-hybridized carbons (Fsp3) is 0.636.